The average Bonchev–Trinajstić information content (AvgIpc) is 2.31. The van der Waals surface area contributed by atoms with E-state index in [0.29, 0.717) is 12.6 Å². The van der Waals surface area contributed by atoms with Crippen molar-refractivity contribution in [1.29, 1.82) is 0 Å². The minimum atomic E-state index is -2.48. The smallest absolute Gasteiger partial charge is 0.377 e. The number of rotatable bonds is 8. The molecule has 0 atom stereocenters. The first kappa shape index (κ1) is 15.3. The van der Waals surface area contributed by atoms with Gasteiger partial charge in [-0.2, -0.15) is 0 Å². The first-order valence-electron chi connectivity index (χ1n) is 5.20. The molecule has 0 aliphatic heterocycles. The number of carbonyl (C=O) groups is 1. The van der Waals surface area contributed by atoms with Gasteiger partial charge in [0, 0.05) is 33.9 Å². The third-order valence-corrected chi connectivity index (χ3v) is 5.04. The van der Waals surface area contributed by atoms with Crippen LogP contribution in [-0.2, 0) is 18.1 Å². The molecular formula is C10H21NO4Si. The van der Waals surface area contributed by atoms with Crippen LogP contribution in [0.3, 0.4) is 0 Å². The van der Waals surface area contributed by atoms with Crippen molar-refractivity contribution >= 4 is 14.7 Å². The molecule has 0 saturated carbocycles. The van der Waals surface area contributed by atoms with Crippen molar-refractivity contribution in [3.8, 4) is 0 Å². The zero-order valence-electron chi connectivity index (χ0n) is 10.4. The van der Waals surface area contributed by atoms with E-state index in [0.717, 1.165) is 6.42 Å². The summed E-state index contributed by atoms with van der Waals surface area (Å²) >= 11 is 0. The molecule has 0 bridgehead atoms. The molecule has 0 aliphatic rings. The minimum absolute atomic E-state index is 0.0815. The molecule has 0 aromatic heterocycles. The molecule has 0 heterocycles. The molecular weight excluding hydrogens is 226 g/mol. The Labute approximate surface area is 98.1 Å². The van der Waals surface area contributed by atoms with Gasteiger partial charge in [0.1, 0.15) is 0 Å². The van der Waals surface area contributed by atoms with Crippen LogP contribution >= 0.6 is 0 Å². The summed E-state index contributed by atoms with van der Waals surface area (Å²) < 4.78 is 15.8. The number of hydrogen-bond donors (Lipinski definition) is 1. The second-order valence-electron chi connectivity index (χ2n) is 3.19. The summed E-state index contributed by atoms with van der Waals surface area (Å²) in [6, 6.07) is 0.687. The average molecular weight is 247 g/mol. The summed E-state index contributed by atoms with van der Waals surface area (Å²) in [7, 11) is 2.27. The lowest BCUT2D eigenvalue weighted by Gasteiger charge is -2.24. The standard InChI is InChI=1S/C10H21NO4Si/c1-5-7-10(12)11-8-6-9-16(13-2,14-3)15-4/h5,7H,6,8-9H2,1-4H3,(H,11,12). The van der Waals surface area contributed by atoms with Crippen LogP contribution in [0.5, 0.6) is 0 Å². The number of amides is 1. The maximum atomic E-state index is 11.1. The SMILES string of the molecule is CC=CC(=O)NCCC[Si](OC)(OC)OC. The number of carbonyl (C=O) groups excluding carboxylic acids is 1. The fraction of sp³-hybridized carbons (Fsp3) is 0.700. The monoisotopic (exact) mass is 247 g/mol. The Kier molecular flexibility index (Phi) is 8.09. The van der Waals surface area contributed by atoms with Gasteiger partial charge in [0.2, 0.25) is 5.91 Å². The molecule has 0 unspecified atom stereocenters. The van der Waals surface area contributed by atoms with E-state index in [1.54, 1.807) is 34.3 Å². The van der Waals surface area contributed by atoms with Crippen LogP contribution in [0.25, 0.3) is 0 Å². The predicted octanol–water partition coefficient (Wildman–Crippen LogP) is 0.947. The van der Waals surface area contributed by atoms with Crippen LogP contribution in [0.1, 0.15) is 13.3 Å². The Balaban J connectivity index is 3.83. The maximum Gasteiger partial charge on any atom is 0.500 e. The molecule has 0 aromatic carbocycles. The van der Waals surface area contributed by atoms with Gasteiger partial charge >= 0.3 is 8.80 Å². The van der Waals surface area contributed by atoms with Gasteiger partial charge in [0.05, 0.1) is 0 Å². The summed E-state index contributed by atoms with van der Waals surface area (Å²) in [5.41, 5.74) is 0. The lowest BCUT2D eigenvalue weighted by Crippen LogP contribution is -2.43. The second-order valence-corrected chi connectivity index (χ2v) is 6.28. The van der Waals surface area contributed by atoms with Crippen LogP contribution < -0.4 is 5.32 Å². The summed E-state index contributed by atoms with van der Waals surface area (Å²) in [4.78, 5) is 11.1. The van der Waals surface area contributed by atoms with Gasteiger partial charge in [0.15, 0.2) is 0 Å². The number of hydrogen-bond acceptors (Lipinski definition) is 4. The molecule has 0 rings (SSSR count). The van der Waals surface area contributed by atoms with Gasteiger partial charge in [-0.3, -0.25) is 4.79 Å². The van der Waals surface area contributed by atoms with E-state index in [9.17, 15) is 4.79 Å². The fourth-order valence-electron chi connectivity index (χ4n) is 1.28. The normalized spacial score (nSPS) is 12.0. The van der Waals surface area contributed by atoms with E-state index in [4.69, 9.17) is 13.3 Å². The summed E-state index contributed by atoms with van der Waals surface area (Å²) in [6.45, 7) is 2.40. The van der Waals surface area contributed by atoms with E-state index in [2.05, 4.69) is 5.32 Å². The van der Waals surface area contributed by atoms with E-state index in [-0.39, 0.29) is 5.91 Å². The van der Waals surface area contributed by atoms with Crippen molar-refractivity contribution < 1.29 is 18.1 Å². The Morgan fingerprint density at radius 2 is 1.81 bits per heavy atom. The zero-order chi connectivity index (χ0) is 12.4. The summed E-state index contributed by atoms with van der Waals surface area (Å²) in [6.07, 6.45) is 3.96. The van der Waals surface area contributed by atoms with Gasteiger partial charge in [-0.05, 0) is 19.4 Å². The Morgan fingerprint density at radius 3 is 2.25 bits per heavy atom. The number of nitrogens with one attached hydrogen (secondary N) is 1. The van der Waals surface area contributed by atoms with Crippen LogP contribution in [0.15, 0.2) is 12.2 Å². The van der Waals surface area contributed by atoms with E-state index >= 15 is 0 Å². The van der Waals surface area contributed by atoms with Crippen molar-refractivity contribution in [2.24, 2.45) is 0 Å². The Hall–Kier alpha value is -0.693. The largest absolute Gasteiger partial charge is 0.500 e. The molecule has 0 spiro atoms. The van der Waals surface area contributed by atoms with Crippen molar-refractivity contribution in [3.05, 3.63) is 12.2 Å². The lowest BCUT2D eigenvalue weighted by atomic mass is 10.4. The highest BCUT2D eigenvalue weighted by Gasteiger charge is 2.36. The van der Waals surface area contributed by atoms with Crippen molar-refractivity contribution in [2.45, 2.75) is 19.4 Å². The Bertz CT molecular complexity index is 221. The van der Waals surface area contributed by atoms with Crippen LogP contribution in [-0.4, -0.2) is 42.6 Å². The first-order chi connectivity index (χ1) is 7.64. The van der Waals surface area contributed by atoms with Gasteiger partial charge in [-0.1, -0.05) is 6.08 Å². The molecule has 0 aromatic rings. The third-order valence-electron chi connectivity index (χ3n) is 2.21. The molecule has 6 heteroatoms. The molecule has 0 fully saturated rings. The second kappa shape index (κ2) is 8.46. The van der Waals surface area contributed by atoms with Gasteiger partial charge in [-0.15, -0.1) is 0 Å². The predicted molar refractivity (Wildman–Crippen MR) is 64.0 cm³/mol. The quantitative estimate of drug-likeness (QED) is 0.394. The van der Waals surface area contributed by atoms with E-state index in [1.165, 1.54) is 6.08 Å². The summed E-state index contributed by atoms with van der Waals surface area (Å²) in [5, 5.41) is 2.76. The van der Waals surface area contributed by atoms with Crippen molar-refractivity contribution in [1.82, 2.24) is 5.32 Å². The molecule has 1 amide bonds. The van der Waals surface area contributed by atoms with Crippen LogP contribution in [0, 0.1) is 0 Å². The zero-order valence-corrected chi connectivity index (χ0v) is 11.4. The van der Waals surface area contributed by atoms with E-state index < -0.39 is 8.80 Å². The highest BCUT2D eigenvalue weighted by molar-refractivity contribution is 6.60. The first-order valence-corrected chi connectivity index (χ1v) is 7.13. The minimum Gasteiger partial charge on any atom is -0.377 e. The maximum absolute atomic E-state index is 11.1. The van der Waals surface area contributed by atoms with Gasteiger partial charge in [-0.25, -0.2) is 0 Å². The van der Waals surface area contributed by atoms with Gasteiger partial charge in [0.25, 0.3) is 0 Å². The molecule has 94 valence electrons. The van der Waals surface area contributed by atoms with Crippen molar-refractivity contribution in [3.63, 3.8) is 0 Å². The molecule has 0 saturated heterocycles. The lowest BCUT2D eigenvalue weighted by molar-refractivity contribution is -0.116. The molecule has 0 aliphatic carbocycles. The molecule has 5 nitrogen and oxygen atoms in total. The highest BCUT2D eigenvalue weighted by atomic mass is 28.4. The van der Waals surface area contributed by atoms with Crippen LogP contribution in [0.4, 0.5) is 0 Å². The highest BCUT2D eigenvalue weighted by Crippen LogP contribution is 2.14. The van der Waals surface area contributed by atoms with Crippen LogP contribution in [0.2, 0.25) is 6.04 Å². The fourth-order valence-corrected chi connectivity index (χ4v) is 3.01. The third kappa shape index (κ3) is 5.41. The number of allylic oxidation sites excluding steroid dienone is 1. The molecule has 1 N–H and O–H groups in total. The summed E-state index contributed by atoms with van der Waals surface area (Å²) in [5.74, 6) is -0.0815. The molecule has 0 radical (unpaired) electrons. The van der Waals surface area contributed by atoms with Crippen molar-refractivity contribution in [2.75, 3.05) is 27.9 Å². The van der Waals surface area contributed by atoms with E-state index in [1.807, 2.05) is 0 Å². The van der Waals surface area contributed by atoms with Gasteiger partial charge < -0.3 is 18.6 Å². The Morgan fingerprint density at radius 1 is 1.25 bits per heavy atom. The topological polar surface area (TPSA) is 56.8 Å². The molecule has 16 heavy (non-hydrogen) atoms.